The van der Waals surface area contributed by atoms with Crippen LogP contribution in [0.25, 0.3) is 0 Å². The Bertz CT molecular complexity index is 497. The van der Waals surface area contributed by atoms with E-state index in [4.69, 9.17) is 5.10 Å². The summed E-state index contributed by atoms with van der Waals surface area (Å²) < 4.78 is 1.90. The van der Waals surface area contributed by atoms with Gasteiger partial charge in [0.25, 0.3) is 0 Å². The third kappa shape index (κ3) is 5.29. The van der Waals surface area contributed by atoms with Crippen molar-refractivity contribution in [2.24, 2.45) is 5.92 Å². The van der Waals surface area contributed by atoms with Crippen molar-refractivity contribution in [2.75, 3.05) is 18.9 Å². The molecule has 0 fully saturated rings. The summed E-state index contributed by atoms with van der Waals surface area (Å²) in [6.45, 7) is 15.2. The number of carbonyl (C=O) groups is 1. The summed E-state index contributed by atoms with van der Waals surface area (Å²) in [5, 5.41) is 10.7. The van der Waals surface area contributed by atoms with Gasteiger partial charge in [-0.3, -0.25) is 4.79 Å². The highest BCUT2D eigenvalue weighted by Gasteiger charge is 2.26. The molecule has 0 aliphatic rings. The predicted molar refractivity (Wildman–Crippen MR) is 94.9 cm³/mol. The fraction of sp³-hybridized carbons (Fsp3) is 0.750. The van der Waals surface area contributed by atoms with Crippen LogP contribution in [0.5, 0.6) is 0 Å². The van der Waals surface area contributed by atoms with Crippen molar-refractivity contribution in [3.05, 3.63) is 11.8 Å². The van der Waals surface area contributed by atoms with E-state index < -0.39 is 0 Å². The Hall–Kier alpha value is -1.07. The van der Waals surface area contributed by atoms with Crippen molar-refractivity contribution >= 4 is 24.1 Å². The molecule has 2 N–H and O–H groups in total. The van der Waals surface area contributed by atoms with Crippen LogP contribution in [0.3, 0.4) is 0 Å². The van der Waals surface area contributed by atoms with Crippen LogP contribution in [-0.4, -0.2) is 29.3 Å². The minimum atomic E-state index is -0.182. The fourth-order valence-electron chi connectivity index (χ4n) is 2.00. The van der Waals surface area contributed by atoms with Crippen LogP contribution in [0.4, 0.5) is 5.82 Å². The van der Waals surface area contributed by atoms with Gasteiger partial charge in [0.2, 0.25) is 5.91 Å². The van der Waals surface area contributed by atoms with Crippen LogP contribution in [-0.2, 0) is 15.7 Å². The molecule has 22 heavy (non-hydrogen) atoms. The first-order valence-corrected chi connectivity index (χ1v) is 7.53. The molecular weight excluding hydrogens is 300 g/mol. The van der Waals surface area contributed by atoms with Gasteiger partial charge in [0, 0.05) is 23.9 Å². The molecule has 0 saturated heterocycles. The highest BCUT2D eigenvalue weighted by atomic mass is 35.5. The van der Waals surface area contributed by atoms with E-state index in [0.717, 1.165) is 11.5 Å². The van der Waals surface area contributed by atoms with Gasteiger partial charge in [-0.05, 0) is 27.8 Å². The van der Waals surface area contributed by atoms with Gasteiger partial charge in [-0.15, -0.1) is 12.4 Å². The Labute approximate surface area is 140 Å². The van der Waals surface area contributed by atoms with Gasteiger partial charge in [0.15, 0.2) is 0 Å². The topological polar surface area (TPSA) is 59.0 Å². The van der Waals surface area contributed by atoms with Crippen molar-refractivity contribution in [1.29, 1.82) is 0 Å². The molecule has 6 heteroatoms. The lowest BCUT2D eigenvalue weighted by Gasteiger charge is -2.23. The summed E-state index contributed by atoms with van der Waals surface area (Å²) in [5.74, 6) is 0.687. The van der Waals surface area contributed by atoms with E-state index in [9.17, 15) is 4.79 Å². The lowest BCUT2D eigenvalue weighted by molar-refractivity contribution is -0.119. The van der Waals surface area contributed by atoms with Gasteiger partial charge < -0.3 is 10.6 Å². The minimum Gasteiger partial charge on any atom is -0.319 e. The van der Waals surface area contributed by atoms with Gasteiger partial charge >= 0.3 is 0 Å². The second-order valence-electron chi connectivity index (χ2n) is 7.70. The van der Waals surface area contributed by atoms with Crippen molar-refractivity contribution in [3.8, 4) is 0 Å². The van der Waals surface area contributed by atoms with E-state index in [1.807, 2.05) is 24.7 Å². The van der Waals surface area contributed by atoms with Crippen LogP contribution in [0.15, 0.2) is 6.07 Å². The summed E-state index contributed by atoms with van der Waals surface area (Å²) in [6.07, 6.45) is 0. The zero-order valence-corrected chi connectivity index (χ0v) is 15.9. The molecule has 1 aromatic heterocycles. The smallest absolute Gasteiger partial charge is 0.229 e. The molecule has 1 heterocycles. The van der Waals surface area contributed by atoms with Gasteiger partial charge in [0.05, 0.1) is 11.2 Å². The molecule has 1 aromatic rings. The number of hydrogen-bond donors (Lipinski definition) is 2. The van der Waals surface area contributed by atoms with E-state index >= 15 is 0 Å². The van der Waals surface area contributed by atoms with Crippen molar-refractivity contribution in [2.45, 2.75) is 59.4 Å². The maximum absolute atomic E-state index is 12.2. The van der Waals surface area contributed by atoms with E-state index in [-0.39, 0.29) is 35.2 Å². The number of carbonyl (C=O) groups excluding carboxylic acids is 1. The average Bonchev–Trinajstić information content (AvgIpc) is 2.72. The number of aromatic nitrogens is 2. The summed E-state index contributed by atoms with van der Waals surface area (Å²) >= 11 is 0. The van der Waals surface area contributed by atoms with Gasteiger partial charge in [-0.2, -0.15) is 5.10 Å². The molecule has 0 aromatic carbocycles. The Morgan fingerprint density at radius 3 is 2.23 bits per heavy atom. The molecule has 128 valence electrons. The van der Waals surface area contributed by atoms with Crippen LogP contribution < -0.4 is 10.6 Å². The number of nitrogens with one attached hydrogen (secondary N) is 2. The van der Waals surface area contributed by atoms with Crippen molar-refractivity contribution < 1.29 is 4.79 Å². The SMILES string of the molecule is CNCC(C)C(=O)Nc1cc(C(C)(C)C)nn1C(C)(C)C.Cl. The van der Waals surface area contributed by atoms with E-state index in [1.165, 1.54) is 0 Å². The first-order chi connectivity index (χ1) is 9.46. The molecule has 0 saturated carbocycles. The first-order valence-electron chi connectivity index (χ1n) is 7.53. The summed E-state index contributed by atoms with van der Waals surface area (Å²) in [7, 11) is 1.85. The highest BCUT2D eigenvalue weighted by Crippen LogP contribution is 2.28. The first kappa shape index (κ1) is 20.9. The number of amides is 1. The lowest BCUT2D eigenvalue weighted by Crippen LogP contribution is -2.32. The molecule has 0 aliphatic heterocycles. The van der Waals surface area contributed by atoms with Crippen LogP contribution in [0.1, 0.15) is 54.2 Å². The second kappa shape index (κ2) is 7.47. The van der Waals surface area contributed by atoms with E-state index in [1.54, 1.807) is 0 Å². The van der Waals surface area contributed by atoms with Gasteiger partial charge in [0.1, 0.15) is 5.82 Å². The Morgan fingerprint density at radius 2 is 1.82 bits per heavy atom. The zero-order chi connectivity index (χ0) is 16.4. The minimum absolute atomic E-state index is 0. The zero-order valence-electron chi connectivity index (χ0n) is 15.1. The van der Waals surface area contributed by atoms with Crippen molar-refractivity contribution in [3.63, 3.8) is 0 Å². The lowest BCUT2D eigenvalue weighted by atomic mass is 9.92. The largest absolute Gasteiger partial charge is 0.319 e. The van der Waals surface area contributed by atoms with Gasteiger partial charge in [-0.1, -0.05) is 27.7 Å². The molecule has 0 radical (unpaired) electrons. The maximum Gasteiger partial charge on any atom is 0.229 e. The third-order valence-corrected chi connectivity index (χ3v) is 3.32. The molecular formula is C16H31ClN4O. The summed E-state index contributed by atoms with van der Waals surface area (Å²) in [6, 6.07) is 1.98. The molecule has 0 aliphatic carbocycles. The summed E-state index contributed by atoms with van der Waals surface area (Å²) in [5.41, 5.74) is 0.749. The predicted octanol–water partition coefficient (Wildman–Crippen LogP) is 3.15. The number of nitrogens with zero attached hydrogens (tertiary/aromatic N) is 2. The summed E-state index contributed by atoms with van der Waals surface area (Å²) in [4.78, 5) is 12.2. The second-order valence-corrected chi connectivity index (χ2v) is 7.70. The number of hydrogen-bond acceptors (Lipinski definition) is 3. The Balaban J connectivity index is 0.00000441. The van der Waals surface area contributed by atoms with E-state index in [0.29, 0.717) is 6.54 Å². The van der Waals surface area contributed by atoms with Crippen molar-refractivity contribution in [1.82, 2.24) is 15.1 Å². The average molecular weight is 331 g/mol. The van der Waals surface area contributed by atoms with Gasteiger partial charge in [-0.25, -0.2) is 4.68 Å². The monoisotopic (exact) mass is 330 g/mol. The quantitative estimate of drug-likeness (QED) is 0.891. The Kier molecular flexibility index (Phi) is 7.10. The standard InChI is InChI=1S/C16H30N4O.ClH/c1-11(10-17-8)14(21)18-13-9-12(15(2,3)4)19-20(13)16(5,6)7;/h9,11,17H,10H2,1-8H3,(H,18,21);1H. The third-order valence-electron chi connectivity index (χ3n) is 3.32. The normalized spacial score (nSPS) is 13.5. The maximum atomic E-state index is 12.2. The molecule has 1 atom stereocenters. The molecule has 0 spiro atoms. The molecule has 0 bridgehead atoms. The molecule has 1 unspecified atom stereocenters. The van der Waals surface area contributed by atoms with E-state index in [2.05, 4.69) is 52.2 Å². The number of halogens is 1. The molecule has 5 nitrogen and oxygen atoms in total. The Morgan fingerprint density at radius 1 is 1.27 bits per heavy atom. The number of rotatable bonds is 4. The fourth-order valence-corrected chi connectivity index (χ4v) is 2.00. The molecule has 1 rings (SSSR count). The molecule has 1 amide bonds. The number of anilines is 1. The highest BCUT2D eigenvalue weighted by molar-refractivity contribution is 5.91. The van der Waals surface area contributed by atoms with Crippen LogP contribution in [0, 0.1) is 5.92 Å². The van der Waals surface area contributed by atoms with Crippen LogP contribution >= 0.6 is 12.4 Å². The van der Waals surface area contributed by atoms with Crippen LogP contribution in [0.2, 0.25) is 0 Å².